The molecule has 0 saturated heterocycles. The molecule has 0 radical (unpaired) electrons. The molecule has 0 aliphatic carbocycles. The zero-order chi connectivity index (χ0) is 31.3. The van der Waals surface area contributed by atoms with Crippen LogP contribution in [0, 0.1) is 0 Å². The SMILES string of the molecule is CC1(C)c2ccccc2N(c2cccc(Oc3ccc4c5ccccc5n5ccnc5c4c3)c2)c2ncc3sc4ccccc4c3c21. The third-order valence-electron chi connectivity index (χ3n) is 9.69. The molecule has 5 nitrogen and oxygen atoms in total. The monoisotopic (exact) mass is 624 g/mol. The third-order valence-corrected chi connectivity index (χ3v) is 10.8. The van der Waals surface area contributed by atoms with Crippen LogP contribution < -0.4 is 9.64 Å². The van der Waals surface area contributed by atoms with Crippen LogP contribution in [0.1, 0.15) is 25.0 Å². The Kier molecular flexibility index (Phi) is 5.44. The summed E-state index contributed by atoms with van der Waals surface area (Å²) in [6.45, 7) is 4.66. The number of pyridine rings is 2. The number of thiophene rings is 1. The molecule has 0 spiro atoms. The van der Waals surface area contributed by atoms with Crippen LogP contribution in [0.2, 0.25) is 0 Å². The van der Waals surface area contributed by atoms with E-state index in [-0.39, 0.29) is 5.41 Å². The molecular formula is C41H28N4OS. The molecular weight excluding hydrogens is 597 g/mol. The molecule has 0 saturated carbocycles. The predicted octanol–water partition coefficient (Wildman–Crippen LogP) is 11.3. The van der Waals surface area contributed by atoms with Gasteiger partial charge < -0.3 is 4.74 Å². The molecule has 0 bridgehead atoms. The summed E-state index contributed by atoms with van der Waals surface area (Å²) in [5, 5.41) is 5.97. The molecule has 224 valence electrons. The van der Waals surface area contributed by atoms with Crippen LogP contribution in [-0.2, 0) is 5.41 Å². The summed E-state index contributed by atoms with van der Waals surface area (Å²) in [6.07, 6.45) is 5.92. The van der Waals surface area contributed by atoms with Crippen molar-refractivity contribution in [3.63, 3.8) is 0 Å². The largest absolute Gasteiger partial charge is 0.457 e. The summed E-state index contributed by atoms with van der Waals surface area (Å²) in [7, 11) is 0. The van der Waals surface area contributed by atoms with Gasteiger partial charge in [0.15, 0.2) is 0 Å². The van der Waals surface area contributed by atoms with Gasteiger partial charge in [0.2, 0.25) is 0 Å². The lowest BCUT2D eigenvalue weighted by Crippen LogP contribution is -2.31. The van der Waals surface area contributed by atoms with Crippen molar-refractivity contribution < 1.29 is 4.74 Å². The number of anilines is 3. The normalized spacial score (nSPS) is 13.9. The second kappa shape index (κ2) is 9.64. The Hall–Kier alpha value is -5.72. The number of benzene rings is 5. The van der Waals surface area contributed by atoms with Gasteiger partial charge in [-0.3, -0.25) is 9.30 Å². The first-order valence-electron chi connectivity index (χ1n) is 15.8. The highest BCUT2D eigenvalue weighted by molar-refractivity contribution is 7.25. The quantitative estimate of drug-likeness (QED) is 0.183. The lowest BCUT2D eigenvalue weighted by Gasteiger charge is -2.41. The Balaban J connectivity index is 1.13. The van der Waals surface area contributed by atoms with Gasteiger partial charge in [0.1, 0.15) is 23.0 Å². The van der Waals surface area contributed by atoms with Gasteiger partial charge in [-0.25, -0.2) is 9.97 Å². The third kappa shape index (κ3) is 3.76. The van der Waals surface area contributed by atoms with Crippen molar-refractivity contribution in [1.82, 2.24) is 14.4 Å². The Morgan fingerprint density at radius 3 is 2.43 bits per heavy atom. The molecule has 10 rings (SSSR count). The summed E-state index contributed by atoms with van der Waals surface area (Å²) >= 11 is 1.81. The van der Waals surface area contributed by atoms with E-state index in [0.717, 1.165) is 50.6 Å². The van der Waals surface area contributed by atoms with Gasteiger partial charge in [0.05, 0.1) is 21.6 Å². The second-order valence-electron chi connectivity index (χ2n) is 12.7. The maximum atomic E-state index is 6.61. The van der Waals surface area contributed by atoms with Crippen molar-refractivity contribution >= 4 is 76.0 Å². The van der Waals surface area contributed by atoms with E-state index in [9.17, 15) is 0 Å². The molecule has 0 unspecified atom stereocenters. The van der Waals surface area contributed by atoms with Crippen LogP contribution in [0.15, 0.2) is 134 Å². The van der Waals surface area contributed by atoms with Gasteiger partial charge >= 0.3 is 0 Å². The molecule has 0 atom stereocenters. The lowest BCUT2D eigenvalue weighted by atomic mass is 9.73. The number of rotatable bonds is 3. The number of nitrogens with zero attached hydrogens (tertiary/aromatic N) is 4. The number of aromatic nitrogens is 3. The molecule has 5 aromatic carbocycles. The fraction of sp³-hybridized carbons (Fsp3) is 0.0732. The molecule has 5 heterocycles. The van der Waals surface area contributed by atoms with E-state index < -0.39 is 0 Å². The molecule has 0 N–H and O–H groups in total. The number of ether oxygens (including phenoxy) is 1. The fourth-order valence-electron chi connectivity index (χ4n) is 7.62. The van der Waals surface area contributed by atoms with Gasteiger partial charge in [0.25, 0.3) is 0 Å². The molecule has 6 heteroatoms. The van der Waals surface area contributed by atoms with Crippen molar-refractivity contribution in [2.24, 2.45) is 0 Å². The first kappa shape index (κ1) is 26.5. The Morgan fingerprint density at radius 1 is 0.681 bits per heavy atom. The van der Waals surface area contributed by atoms with Crippen LogP contribution in [0.5, 0.6) is 11.5 Å². The summed E-state index contributed by atoms with van der Waals surface area (Å²) in [5.41, 5.74) is 6.46. The summed E-state index contributed by atoms with van der Waals surface area (Å²) in [5.74, 6) is 2.48. The number of para-hydroxylation sites is 2. The van der Waals surface area contributed by atoms with Crippen LogP contribution in [0.3, 0.4) is 0 Å². The fourth-order valence-corrected chi connectivity index (χ4v) is 8.70. The van der Waals surface area contributed by atoms with Crippen molar-refractivity contribution in [2.45, 2.75) is 19.3 Å². The average molecular weight is 625 g/mol. The maximum Gasteiger partial charge on any atom is 0.145 e. The van der Waals surface area contributed by atoms with Crippen LogP contribution in [0.25, 0.3) is 47.5 Å². The lowest BCUT2D eigenvalue weighted by molar-refractivity contribution is 0.483. The highest BCUT2D eigenvalue weighted by Crippen LogP contribution is 2.55. The topological polar surface area (TPSA) is 42.7 Å². The van der Waals surface area contributed by atoms with E-state index in [4.69, 9.17) is 14.7 Å². The van der Waals surface area contributed by atoms with Gasteiger partial charge in [-0.2, -0.15) is 0 Å². The van der Waals surface area contributed by atoms with E-state index in [1.165, 1.54) is 36.7 Å². The van der Waals surface area contributed by atoms with Gasteiger partial charge in [-0.15, -0.1) is 11.3 Å². The van der Waals surface area contributed by atoms with E-state index in [1.54, 1.807) is 0 Å². The summed E-state index contributed by atoms with van der Waals surface area (Å²) < 4.78 is 11.2. The standard InChI is InChI=1S/C41H28N4OS/c1-41(2)32-14-5-7-16-34(32)45(40-38(41)37-30-13-4-8-17-35(30)47-36(37)24-43-40)25-10-9-11-26(22-25)46-27-18-19-28-29-12-3-6-15-33(29)44-21-20-42-39(44)31(28)23-27/h3-24H,1-2H3. The van der Waals surface area contributed by atoms with Gasteiger partial charge in [-0.1, -0.05) is 74.5 Å². The van der Waals surface area contributed by atoms with Crippen molar-refractivity contribution in [3.05, 3.63) is 145 Å². The van der Waals surface area contributed by atoms with Crippen LogP contribution in [0.4, 0.5) is 17.2 Å². The van der Waals surface area contributed by atoms with Crippen molar-refractivity contribution in [2.75, 3.05) is 4.90 Å². The van der Waals surface area contributed by atoms with E-state index in [0.29, 0.717) is 0 Å². The Morgan fingerprint density at radius 2 is 1.49 bits per heavy atom. The number of hydrogen-bond acceptors (Lipinski definition) is 5. The molecule has 4 aromatic heterocycles. The summed E-state index contributed by atoms with van der Waals surface area (Å²) in [4.78, 5) is 12.2. The van der Waals surface area contributed by atoms with Gasteiger partial charge in [0, 0.05) is 61.9 Å². The molecule has 1 aliphatic rings. The van der Waals surface area contributed by atoms with E-state index >= 15 is 0 Å². The number of fused-ring (bicyclic) bond motifs is 12. The van der Waals surface area contributed by atoms with Crippen LogP contribution in [-0.4, -0.2) is 14.4 Å². The molecule has 47 heavy (non-hydrogen) atoms. The van der Waals surface area contributed by atoms with Crippen molar-refractivity contribution in [1.29, 1.82) is 0 Å². The minimum absolute atomic E-state index is 0.250. The maximum absolute atomic E-state index is 6.61. The minimum Gasteiger partial charge on any atom is -0.457 e. The zero-order valence-electron chi connectivity index (χ0n) is 25.8. The van der Waals surface area contributed by atoms with E-state index in [1.807, 2.05) is 36.0 Å². The predicted molar refractivity (Wildman–Crippen MR) is 194 cm³/mol. The minimum atomic E-state index is -0.250. The molecule has 1 aliphatic heterocycles. The highest BCUT2D eigenvalue weighted by Gasteiger charge is 2.40. The average Bonchev–Trinajstić information content (AvgIpc) is 3.75. The first-order valence-corrected chi connectivity index (χ1v) is 16.6. The van der Waals surface area contributed by atoms with E-state index in [2.05, 4.69) is 132 Å². The second-order valence-corrected chi connectivity index (χ2v) is 13.8. The Labute approximate surface area is 274 Å². The molecule has 0 amide bonds. The Bertz CT molecular complexity index is 2720. The molecule has 0 fully saturated rings. The zero-order valence-corrected chi connectivity index (χ0v) is 26.6. The molecule has 9 aromatic rings. The smallest absolute Gasteiger partial charge is 0.145 e. The van der Waals surface area contributed by atoms with Gasteiger partial charge in [-0.05, 0) is 59.5 Å². The van der Waals surface area contributed by atoms with Crippen LogP contribution >= 0.6 is 11.3 Å². The number of hydrogen-bond donors (Lipinski definition) is 0. The summed E-state index contributed by atoms with van der Waals surface area (Å²) in [6, 6.07) is 40.5. The highest BCUT2D eigenvalue weighted by atomic mass is 32.1. The number of imidazole rings is 1. The first-order chi connectivity index (χ1) is 23.1. The van der Waals surface area contributed by atoms with Crippen molar-refractivity contribution in [3.8, 4) is 11.5 Å².